The lowest BCUT2D eigenvalue weighted by Gasteiger charge is -2.09. The van der Waals surface area contributed by atoms with Gasteiger partial charge in [0.05, 0.1) is 5.69 Å². The third-order valence-electron chi connectivity index (χ3n) is 1.81. The van der Waals surface area contributed by atoms with Crippen LogP contribution in [-0.4, -0.2) is 17.9 Å². The van der Waals surface area contributed by atoms with E-state index in [1.165, 1.54) is 12.1 Å². The second-order valence-electron chi connectivity index (χ2n) is 3.71. The van der Waals surface area contributed by atoms with Crippen LogP contribution < -0.4 is 10.6 Å². The van der Waals surface area contributed by atoms with Crippen LogP contribution in [0.5, 0.6) is 0 Å². The van der Waals surface area contributed by atoms with Crippen LogP contribution in [0, 0.1) is 5.82 Å². The summed E-state index contributed by atoms with van der Waals surface area (Å²) >= 11 is 3.09. The van der Waals surface area contributed by atoms with Gasteiger partial charge in [-0.3, -0.25) is 9.59 Å². The number of anilines is 1. The van der Waals surface area contributed by atoms with Gasteiger partial charge in [-0.2, -0.15) is 0 Å². The molecule has 0 saturated carbocycles. The zero-order valence-electron chi connectivity index (χ0n) is 9.38. The molecule has 4 nitrogen and oxygen atoms in total. The Labute approximate surface area is 107 Å². The van der Waals surface area contributed by atoms with Crippen molar-refractivity contribution in [3.8, 4) is 0 Å². The molecule has 0 fully saturated rings. The quantitative estimate of drug-likeness (QED) is 0.822. The molecule has 0 bridgehead atoms. The van der Waals surface area contributed by atoms with Crippen molar-refractivity contribution in [3.63, 3.8) is 0 Å². The molecule has 0 unspecified atom stereocenters. The van der Waals surface area contributed by atoms with Gasteiger partial charge in [-0.05, 0) is 32.0 Å². The minimum absolute atomic E-state index is 0.0305. The predicted octanol–water partition coefficient (Wildman–Crippen LogP) is 2.05. The van der Waals surface area contributed by atoms with Crippen LogP contribution >= 0.6 is 15.9 Å². The summed E-state index contributed by atoms with van der Waals surface area (Å²) in [5.74, 6) is -2.28. The normalized spacial score (nSPS) is 10.2. The van der Waals surface area contributed by atoms with Gasteiger partial charge in [0.1, 0.15) is 5.82 Å². The number of hydrogen-bond acceptors (Lipinski definition) is 2. The van der Waals surface area contributed by atoms with Crippen LogP contribution in [-0.2, 0) is 9.59 Å². The van der Waals surface area contributed by atoms with Crippen molar-refractivity contribution >= 4 is 33.4 Å². The highest BCUT2D eigenvalue weighted by Gasteiger charge is 2.16. The minimum atomic E-state index is -0.889. The lowest BCUT2D eigenvalue weighted by atomic mass is 10.3. The third kappa shape index (κ3) is 4.14. The molecule has 0 radical (unpaired) electrons. The minimum Gasteiger partial charge on any atom is -0.346 e. The largest absolute Gasteiger partial charge is 0.346 e. The lowest BCUT2D eigenvalue weighted by molar-refractivity contribution is -0.136. The number of benzene rings is 1. The Hall–Kier alpha value is -1.43. The van der Waals surface area contributed by atoms with Gasteiger partial charge in [0, 0.05) is 10.5 Å². The highest BCUT2D eigenvalue weighted by atomic mass is 79.9. The summed E-state index contributed by atoms with van der Waals surface area (Å²) in [6.07, 6.45) is 0. The molecule has 2 N–H and O–H groups in total. The van der Waals surface area contributed by atoms with Gasteiger partial charge in [0.25, 0.3) is 0 Å². The van der Waals surface area contributed by atoms with Crippen LogP contribution in [0.3, 0.4) is 0 Å². The van der Waals surface area contributed by atoms with E-state index in [4.69, 9.17) is 0 Å². The van der Waals surface area contributed by atoms with E-state index in [1.54, 1.807) is 19.9 Å². The van der Waals surface area contributed by atoms with Crippen molar-refractivity contribution in [2.24, 2.45) is 0 Å². The number of nitrogens with one attached hydrogen (secondary N) is 2. The van der Waals surface area contributed by atoms with Gasteiger partial charge in [0.2, 0.25) is 0 Å². The topological polar surface area (TPSA) is 58.2 Å². The van der Waals surface area contributed by atoms with Gasteiger partial charge >= 0.3 is 11.8 Å². The molecule has 0 aliphatic carbocycles. The van der Waals surface area contributed by atoms with Gasteiger partial charge in [-0.1, -0.05) is 15.9 Å². The Morgan fingerprint density at radius 3 is 2.47 bits per heavy atom. The lowest BCUT2D eigenvalue weighted by Crippen LogP contribution is -2.39. The van der Waals surface area contributed by atoms with E-state index < -0.39 is 17.6 Å². The number of rotatable bonds is 2. The maximum atomic E-state index is 13.4. The summed E-state index contributed by atoms with van der Waals surface area (Å²) in [6.45, 7) is 3.46. The number of hydrogen-bond donors (Lipinski definition) is 2. The van der Waals surface area contributed by atoms with Crippen LogP contribution in [0.25, 0.3) is 0 Å². The second-order valence-corrected chi connectivity index (χ2v) is 4.62. The summed E-state index contributed by atoms with van der Waals surface area (Å²) in [6, 6.07) is 4.00. The summed E-state index contributed by atoms with van der Waals surface area (Å²) in [5, 5.41) is 4.61. The highest BCUT2D eigenvalue weighted by molar-refractivity contribution is 9.10. The van der Waals surface area contributed by atoms with Gasteiger partial charge in [0.15, 0.2) is 0 Å². The van der Waals surface area contributed by atoms with Gasteiger partial charge in [-0.15, -0.1) is 0 Å². The van der Waals surface area contributed by atoms with E-state index in [9.17, 15) is 14.0 Å². The summed E-state index contributed by atoms with van der Waals surface area (Å²) in [5.41, 5.74) is -0.0305. The van der Waals surface area contributed by atoms with Crippen molar-refractivity contribution in [3.05, 3.63) is 28.5 Å². The Kier molecular flexibility index (Phi) is 4.62. The summed E-state index contributed by atoms with van der Waals surface area (Å²) < 4.78 is 13.9. The Bertz CT molecular complexity index is 449. The molecule has 6 heteroatoms. The van der Waals surface area contributed by atoms with Crippen LogP contribution in [0.1, 0.15) is 13.8 Å². The van der Waals surface area contributed by atoms with Crippen molar-refractivity contribution in [1.29, 1.82) is 0 Å². The first-order valence-corrected chi connectivity index (χ1v) is 5.76. The number of halogens is 2. The van der Waals surface area contributed by atoms with E-state index in [2.05, 4.69) is 26.6 Å². The first kappa shape index (κ1) is 13.6. The van der Waals surface area contributed by atoms with Gasteiger partial charge < -0.3 is 10.6 Å². The molecule has 92 valence electrons. The molecule has 1 aromatic rings. The highest BCUT2D eigenvalue weighted by Crippen LogP contribution is 2.19. The zero-order valence-corrected chi connectivity index (χ0v) is 11.0. The fourth-order valence-corrected chi connectivity index (χ4v) is 1.43. The average molecular weight is 303 g/mol. The Morgan fingerprint density at radius 1 is 1.29 bits per heavy atom. The van der Waals surface area contributed by atoms with Crippen LogP contribution in [0.4, 0.5) is 10.1 Å². The van der Waals surface area contributed by atoms with Crippen molar-refractivity contribution in [2.45, 2.75) is 19.9 Å². The van der Waals surface area contributed by atoms with Crippen molar-refractivity contribution in [2.75, 3.05) is 5.32 Å². The standard InChI is InChI=1S/C11H12BrFN2O2/c1-6(2)14-10(16)11(17)15-9-4-3-7(12)5-8(9)13/h3-6H,1-2H3,(H,14,16)(H,15,17). The average Bonchev–Trinajstić information content (AvgIpc) is 2.21. The predicted molar refractivity (Wildman–Crippen MR) is 66.0 cm³/mol. The molecule has 2 amide bonds. The third-order valence-corrected chi connectivity index (χ3v) is 2.30. The van der Waals surface area contributed by atoms with Crippen LogP contribution in [0.2, 0.25) is 0 Å². The maximum Gasteiger partial charge on any atom is 0.313 e. The number of carbonyl (C=O) groups is 2. The molecular weight excluding hydrogens is 291 g/mol. The SMILES string of the molecule is CC(C)NC(=O)C(=O)Nc1ccc(Br)cc1F. The zero-order chi connectivity index (χ0) is 13.0. The van der Waals surface area contributed by atoms with E-state index in [-0.39, 0.29) is 11.7 Å². The molecule has 17 heavy (non-hydrogen) atoms. The summed E-state index contributed by atoms with van der Waals surface area (Å²) in [4.78, 5) is 22.7. The maximum absolute atomic E-state index is 13.4. The molecule has 0 heterocycles. The van der Waals surface area contributed by atoms with Crippen molar-refractivity contribution < 1.29 is 14.0 Å². The van der Waals surface area contributed by atoms with E-state index in [0.29, 0.717) is 4.47 Å². The second kappa shape index (κ2) is 5.77. The molecule has 1 aromatic carbocycles. The molecule has 1 rings (SSSR count). The molecule has 0 aliphatic heterocycles. The Balaban J connectivity index is 2.71. The number of carbonyl (C=O) groups excluding carboxylic acids is 2. The van der Waals surface area contributed by atoms with Crippen molar-refractivity contribution in [1.82, 2.24) is 5.32 Å². The summed E-state index contributed by atoms with van der Waals surface area (Å²) in [7, 11) is 0. The smallest absolute Gasteiger partial charge is 0.313 e. The van der Waals surface area contributed by atoms with Gasteiger partial charge in [-0.25, -0.2) is 4.39 Å². The molecule has 0 aliphatic rings. The Morgan fingerprint density at radius 2 is 1.94 bits per heavy atom. The molecule has 0 aromatic heterocycles. The molecular formula is C11H12BrFN2O2. The van der Waals surface area contributed by atoms with Crippen LogP contribution in [0.15, 0.2) is 22.7 Å². The molecule has 0 saturated heterocycles. The van der Waals surface area contributed by atoms with E-state index in [0.717, 1.165) is 0 Å². The number of amides is 2. The monoisotopic (exact) mass is 302 g/mol. The fraction of sp³-hybridized carbons (Fsp3) is 0.273. The van der Waals surface area contributed by atoms with E-state index in [1.807, 2.05) is 0 Å². The fourth-order valence-electron chi connectivity index (χ4n) is 1.10. The first-order chi connectivity index (χ1) is 7.90. The first-order valence-electron chi connectivity index (χ1n) is 4.97. The molecule has 0 atom stereocenters. The molecule has 0 spiro atoms. The van der Waals surface area contributed by atoms with E-state index >= 15 is 0 Å².